The number of rotatable bonds is 6. The topological polar surface area (TPSA) is 99.3 Å². The van der Waals surface area contributed by atoms with Gasteiger partial charge in [0, 0.05) is 49.4 Å². The average Bonchev–Trinajstić information content (AvgIpc) is 2.85. The summed E-state index contributed by atoms with van der Waals surface area (Å²) < 4.78 is 33.6. The molecule has 2 aromatic carbocycles. The second-order valence-electron chi connectivity index (χ2n) is 8.15. The first-order valence-corrected chi connectivity index (χ1v) is 13.2. The van der Waals surface area contributed by atoms with Crippen LogP contribution in [0.25, 0.3) is 0 Å². The number of hydrogen-bond donors (Lipinski definition) is 1. The Morgan fingerprint density at radius 2 is 1.68 bits per heavy atom. The number of sulfonamides is 1. The number of nitrogens with zero attached hydrogens (tertiary/aromatic N) is 3. The lowest BCUT2D eigenvalue weighted by Gasteiger charge is -2.38. The Hall–Kier alpha value is -2.63. The molecule has 2 heterocycles. The van der Waals surface area contributed by atoms with Gasteiger partial charge in [-0.25, -0.2) is 8.42 Å². The molecular weight excluding hydrogens is 524 g/mol. The summed E-state index contributed by atoms with van der Waals surface area (Å²) in [6.07, 6.45) is -0.190. The first-order chi connectivity index (χ1) is 16.3. The molecule has 2 aromatic rings. The summed E-state index contributed by atoms with van der Waals surface area (Å²) >= 11 is 3.30. The molecule has 2 fully saturated rings. The molecule has 2 aliphatic rings. The molecule has 2 aliphatic heterocycles. The largest absolute Gasteiger partial charge is 0.497 e. The minimum atomic E-state index is -3.93. The molecule has 182 valence electrons. The van der Waals surface area contributed by atoms with Crippen molar-refractivity contribution in [3.8, 4) is 5.75 Å². The number of methoxy groups -OCH3 is 1. The fourth-order valence-electron chi connectivity index (χ4n) is 4.22. The van der Waals surface area contributed by atoms with E-state index in [1.54, 1.807) is 24.1 Å². The van der Waals surface area contributed by atoms with E-state index in [-0.39, 0.29) is 30.3 Å². The maximum atomic E-state index is 13.2. The molecule has 0 saturated carbocycles. The third kappa shape index (κ3) is 5.21. The van der Waals surface area contributed by atoms with Crippen molar-refractivity contribution in [2.75, 3.05) is 51.3 Å². The molecule has 1 N–H and O–H groups in total. The smallest absolute Gasteiger partial charge is 0.243 e. The van der Waals surface area contributed by atoms with Gasteiger partial charge in [0.05, 0.1) is 18.4 Å². The number of ether oxygens (including phenoxy) is 1. The van der Waals surface area contributed by atoms with Crippen molar-refractivity contribution in [3.63, 3.8) is 0 Å². The van der Waals surface area contributed by atoms with Gasteiger partial charge in [-0.1, -0.05) is 15.9 Å². The van der Waals surface area contributed by atoms with E-state index in [4.69, 9.17) is 4.74 Å². The first kappa shape index (κ1) is 24.5. The minimum Gasteiger partial charge on any atom is -0.497 e. The van der Waals surface area contributed by atoms with Gasteiger partial charge in [-0.2, -0.15) is 4.31 Å². The zero-order chi connectivity index (χ0) is 24.3. The molecule has 34 heavy (non-hydrogen) atoms. The van der Waals surface area contributed by atoms with Crippen LogP contribution in [0, 0.1) is 0 Å². The SMILES string of the molecule is COc1ccc(N2CCN(C(=O)C[C@@H]3C(=O)NCCN3S(=O)(=O)c3ccc(Br)cc3)CC2)cc1. The Morgan fingerprint density at radius 1 is 1.03 bits per heavy atom. The van der Waals surface area contributed by atoms with E-state index in [1.807, 2.05) is 24.3 Å². The molecule has 0 unspecified atom stereocenters. The molecule has 4 rings (SSSR count). The molecule has 2 saturated heterocycles. The lowest BCUT2D eigenvalue weighted by Crippen LogP contribution is -2.59. The highest BCUT2D eigenvalue weighted by atomic mass is 79.9. The van der Waals surface area contributed by atoms with Gasteiger partial charge >= 0.3 is 0 Å². The fourth-order valence-corrected chi connectivity index (χ4v) is 6.07. The second-order valence-corrected chi connectivity index (χ2v) is 11.0. The van der Waals surface area contributed by atoms with Crippen molar-refractivity contribution >= 4 is 43.5 Å². The van der Waals surface area contributed by atoms with E-state index in [0.717, 1.165) is 20.2 Å². The standard InChI is InChI=1S/C23H27BrN4O5S/c1-33-19-6-4-18(5-7-19)26-12-14-27(15-13-26)22(29)16-21-23(30)25-10-11-28(21)34(31,32)20-8-2-17(24)3-9-20/h2-9,21H,10-16H2,1H3,(H,25,30)/t21-/m1/s1. The highest BCUT2D eigenvalue weighted by Crippen LogP contribution is 2.25. The highest BCUT2D eigenvalue weighted by Gasteiger charge is 2.40. The minimum absolute atomic E-state index is 0.0935. The summed E-state index contributed by atoms with van der Waals surface area (Å²) in [5.41, 5.74) is 1.05. The molecule has 0 spiro atoms. The van der Waals surface area contributed by atoms with Crippen LogP contribution in [0.2, 0.25) is 0 Å². The van der Waals surface area contributed by atoms with Crippen molar-refractivity contribution in [1.29, 1.82) is 0 Å². The van der Waals surface area contributed by atoms with Crippen molar-refractivity contribution in [3.05, 3.63) is 53.0 Å². The maximum Gasteiger partial charge on any atom is 0.243 e. The molecule has 2 amide bonds. The van der Waals surface area contributed by atoms with Gasteiger partial charge in [0.15, 0.2) is 0 Å². The van der Waals surface area contributed by atoms with Gasteiger partial charge in [0.2, 0.25) is 21.8 Å². The number of anilines is 1. The Bertz CT molecular complexity index is 1130. The van der Waals surface area contributed by atoms with Crippen molar-refractivity contribution < 1.29 is 22.7 Å². The van der Waals surface area contributed by atoms with E-state index < -0.39 is 22.0 Å². The number of carbonyl (C=O) groups excluding carboxylic acids is 2. The maximum absolute atomic E-state index is 13.2. The molecule has 0 aromatic heterocycles. The number of nitrogens with one attached hydrogen (secondary N) is 1. The third-order valence-corrected chi connectivity index (χ3v) is 8.59. The zero-order valence-electron chi connectivity index (χ0n) is 18.8. The van der Waals surface area contributed by atoms with Crippen LogP contribution in [0.15, 0.2) is 57.9 Å². The van der Waals surface area contributed by atoms with Gasteiger partial charge in [-0.05, 0) is 48.5 Å². The summed E-state index contributed by atoms with van der Waals surface area (Å²) in [7, 11) is -2.30. The molecule has 9 nitrogen and oxygen atoms in total. The third-order valence-electron chi connectivity index (χ3n) is 6.14. The van der Waals surface area contributed by atoms with Gasteiger partial charge in [-0.15, -0.1) is 0 Å². The quantitative estimate of drug-likeness (QED) is 0.587. The fraction of sp³-hybridized carbons (Fsp3) is 0.391. The summed E-state index contributed by atoms with van der Waals surface area (Å²) in [6.45, 7) is 2.62. The van der Waals surface area contributed by atoms with Crippen LogP contribution in [0.5, 0.6) is 5.75 Å². The Kier molecular flexibility index (Phi) is 7.44. The predicted octanol–water partition coefficient (Wildman–Crippen LogP) is 1.69. The zero-order valence-corrected chi connectivity index (χ0v) is 21.2. The van der Waals surface area contributed by atoms with Crippen molar-refractivity contribution in [2.24, 2.45) is 0 Å². The second kappa shape index (κ2) is 10.3. The summed E-state index contributed by atoms with van der Waals surface area (Å²) in [5.74, 6) is 0.107. The molecule has 0 aliphatic carbocycles. The monoisotopic (exact) mass is 550 g/mol. The van der Waals surface area contributed by atoms with E-state index in [9.17, 15) is 18.0 Å². The molecular formula is C23H27BrN4O5S. The highest BCUT2D eigenvalue weighted by molar-refractivity contribution is 9.10. The Labute approximate surface area is 207 Å². The summed E-state index contributed by atoms with van der Waals surface area (Å²) in [4.78, 5) is 29.7. The molecule has 1 atom stereocenters. The van der Waals surface area contributed by atoms with Crippen LogP contribution in [0.3, 0.4) is 0 Å². The summed E-state index contributed by atoms with van der Waals surface area (Å²) in [6, 6.07) is 12.9. The number of benzene rings is 2. The van der Waals surface area contributed by atoms with Crippen molar-refractivity contribution in [1.82, 2.24) is 14.5 Å². The average molecular weight is 551 g/mol. The van der Waals surface area contributed by atoms with Gasteiger partial charge in [0.1, 0.15) is 11.8 Å². The van der Waals surface area contributed by atoms with Crippen molar-refractivity contribution in [2.45, 2.75) is 17.4 Å². The van der Waals surface area contributed by atoms with E-state index in [1.165, 1.54) is 12.1 Å². The van der Waals surface area contributed by atoms with Crippen LogP contribution < -0.4 is 15.0 Å². The van der Waals surface area contributed by atoms with Gasteiger partial charge in [-0.3, -0.25) is 9.59 Å². The number of carbonyl (C=O) groups is 2. The van der Waals surface area contributed by atoms with Crippen LogP contribution in [0.1, 0.15) is 6.42 Å². The lowest BCUT2D eigenvalue weighted by molar-refractivity contribution is -0.137. The lowest BCUT2D eigenvalue weighted by atomic mass is 10.1. The van der Waals surface area contributed by atoms with Crippen LogP contribution in [-0.2, 0) is 19.6 Å². The number of amides is 2. The number of halogens is 1. The van der Waals surface area contributed by atoms with Crippen LogP contribution >= 0.6 is 15.9 Å². The molecule has 0 bridgehead atoms. The number of hydrogen-bond acceptors (Lipinski definition) is 6. The van der Waals surface area contributed by atoms with E-state index in [0.29, 0.717) is 26.2 Å². The van der Waals surface area contributed by atoms with E-state index in [2.05, 4.69) is 26.1 Å². The Morgan fingerprint density at radius 3 is 2.29 bits per heavy atom. The van der Waals surface area contributed by atoms with E-state index >= 15 is 0 Å². The molecule has 11 heteroatoms. The number of piperazine rings is 2. The Balaban J connectivity index is 1.42. The van der Waals surface area contributed by atoms with Crippen LogP contribution in [0.4, 0.5) is 5.69 Å². The predicted molar refractivity (Wildman–Crippen MR) is 131 cm³/mol. The molecule has 0 radical (unpaired) electrons. The van der Waals surface area contributed by atoms with Crippen LogP contribution in [-0.4, -0.2) is 81.9 Å². The summed E-state index contributed by atoms with van der Waals surface area (Å²) in [5, 5.41) is 2.70. The first-order valence-electron chi connectivity index (χ1n) is 11.0. The van der Waals surface area contributed by atoms with Gasteiger partial charge < -0.3 is 19.9 Å². The normalized spacial score (nSPS) is 19.6. The van der Waals surface area contributed by atoms with Gasteiger partial charge in [0.25, 0.3) is 0 Å².